The normalized spacial score (nSPS) is 20.2. The van der Waals surface area contributed by atoms with Gasteiger partial charge in [0, 0.05) is 44.7 Å². The number of aromatic nitrogens is 4. The zero-order chi connectivity index (χ0) is 20.5. The van der Waals surface area contributed by atoms with Crippen LogP contribution < -0.4 is 14.4 Å². The smallest absolute Gasteiger partial charge is 0.318 e. The molecule has 2 aliphatic rings. The number of nitrogens with one attached hydrogen (secondary N) is 1. The first kappa shape index (κ1) is 19.1. The summed E-state index contributed by atoms with van der Waals surface area (Å²) in [6.07, 6.45) is 0.904. The quantitative estimate of drug-likeness (QED) is 0.687. The number of fused-ring (bicyclic) bond motifs is 4. The summed E-state index contributed by atoms with van der Waals surface area (Å²) in [6, 6.07) is 8.17. The lowest BCUT2D eigenvalue weighted by molar-refractivity contribution is 0.0523. The molecular formula is C21H25N5O4. The van der Waals surface area contributed by atoms with E-state index in [9.17, 15) is 0 Å². The van der Waals surface area contributed by atoms with Gasteiger partial charge in [0.1, 0.15) is 29.1 Å². The fourth-order valence-electron chi connectivity index (χ4n) is 3.64. The standard InChI is InChI=1S/C21H25N5O4/c1-13-12-28-6-3-7-29-21-22-18(9-19(23-21)26-10-15(11-26)27-2)20-16-8-14(30-13)4-5-17(16)24-25-20/h4-5,8-9,13,15H,3,6-7,10-12H2,1-2H3,(H,24,25)/t13-/m0/s1. The molecule has 0 radical (unpaired) electrons. The molecule has 0 amide bonds. The number of nitrogens with zero attached hydrogens (tertiary/aromatic N) is 4. The Bertz CT molecular complexity index is 1030. The van der Waals surface area contributed by atoms with Crippen molar-refractivity contribution in [3.8, 4) is 23.1 Å². The summed E-state index contributed by atoms with van der Waals surface area (Å²) in [5.74, 6) is 1.58. The van der Waals surface area contributed by atoms with E-state index in [0.29, 0.717) is 31.5 Å². The van der Waals surface area contributed by atoms with Crippen molar-refractivity contribution < 1.29 is 18.9 Å². The van der Waals surface area contributed by atoms with E-state index in [1.807, 2.05) is 31.2 Å². The summed E-state index contributed by atoms with van der Waals surface area (Å²) in [7, 11) is 1.73. The number of anilines is 1. The first-order valence-corrected chi connectivity index (χ1v) is 10.2. The van der Waals surface area contributed by atoms with Gasteiger partial charge in [0.05, 0.1) is 24.8 Å². The highest BCUT2D eigenvalue weighted by atomic mass is 16.5. The summed E-state index contributed by atoms with van der Waals surface area (Å²) in [6.45, 7) is 5.15. The van der Waals surface area contributed by atoms with Crippen molar-refractivity contribution in [3.05, 3.63) is 24.3 Å². The zero-order valence-electron chi connectivity index (χ0n) is 17.1. The number of methoxy groups -OCH3 is 1. The average molecular weight is 411 g/mol. The Morgan fingerprint density at radius 1 is 1.17 bits per heavy atom. The fraction of sp³-hybridized carbons (Fsp3) is 0.476. The molecule has 5 rings (SSSR count). The third-order valence-electron chi connectivity index (χ3n) is 5.33. The summed E-state index contributed by atoms with van der Waals surface area (Å²) >= 11 is 0. The highest BCUT2D eigenvalue weighted by Crippen LogP contribution is 2.32. The van der Waals surface area contributed by atoms with Gasteiger partial charge in [-0.2, -0.15) is 15.1 Å². The molecule has 1 atom stereocenters. The molecule has 2 aliphatic heterocycles. The van der Waals surface area contributed by atoms with Crippen LogP contribution in [0, 0.1) is 0 Å². The molecule has 1 saturated heterocycles. The monoisotopic (exact) mass is 411 g/mol. The maximum Gasteiger partial charge on any atom is 0.318 e. The first-order chi connectivity index (χ1) is 14.7. The molecule has 30 heavy (non-hydrogen) atoms. The van der Waals surface area contributed by atoms with Gasteiger partial charge in [-0.05, 0) is 25.1 Å². The summed E-state index contributed by atoms with van der Waals surface area (Å²) < 4.78 is 23.0. The largest absolute Gasteiger partial charge is 0.488 e. The summed E-state index contributed by atoms with van der Waals surface area (Å²) in [5.41, 5.74) is 2.36. The number of hydrogen-bond donors (Lipinski definition) is 1. The van der Waals surface area contributed by atoms with Gasteiger partial charge in [0.15, 0.2) is 0 Å². The molecular weight excluding hydrogens is 386 g/mol. The third-order valence-corrected chi connectivity index (χ3v) is 5.33. The van der Waals surface area contributed by atoms with Crippen LogP contribution in [0.1, 0.15) is 13.3 Å². The molecule has 1 aromatic carbocycles. The molecule has 4 bridgehead atoms. The van der Waals surface area contributed by atoms with E-state index in [4.69, 9.17) is 18.9 Å². The predicted molar refractivity (Wildman–Crippen MR) is 111 cm³/mol. The average Bonchev–Trinajstić information content (AvgIpc) is 3.12. The lowest BCUT2D eigenvalue weighted by atomic mass is 10.1. The SMILES string of the molecule is COC1CN(c2cc3nc(n2)OCCCOC[C@H](C)Oc2ccc4[nH]nc-3c4c2)C1. The van der Waals surface area contributed by atoms with Gasteiger partial charge >= 0.3 is 6.01 Å². The number of H-pyrrole nitrogens is 1. The van der Waals surface area contributed by atoms with Crippen LogP contribution in [0.5, 0.6) is 11.8 Å². The van der Waals surface area contributed by atoms with Crippen molar-refractivity contribution in [3.63, 3.8) is 0 Å². The molecule has 2 aromatic heterocycles. The maximum atomic E-state index is 6.04. The molecule has 1 fully saturated rings. The van der Waals surface area contributed by atoms with Gasteiger partial charge in [-0.3, -0.25) is 5.10 Å². The predicted octanol–water partition coefficient (Wildman–Crippen LogP) is 2.42. The van der Waals surface area contributed by atoms with Crippen LogP contribution in [-0.2, 0) is 9.47 Å². The Morgan fingerprint density at radius 3 is 2.93 bits per heavy atom. The van der Waals surface area contributed by atoms with Gasteiger partial charge in [0.25, 0.3) is 0 Å². The van der Waals surface area contributed by atoms with Gasteiger partial charge in [0.2, 0.25) is 0 Å². The second-order valence-electron chi connectivity index (χ2n) is 7.64. The van der Waals surface area contributed by atoms with Crippen LogP contribution in [-0.4, -0.2) is 72.4 Å². The van der Waals surface area contributed by atoms with Crippen LogP contribution in [0.4, 0.5) is 5.82 Å². The van der Waals surface area contributed by atoms with Gasteiger partial charge < -0.3 is 23.8 Å². The van der Waals surface area contributed by atoms with E-state index in [1.165, 1.54) is 0 Å². The third kappa shape index (κ3) is 3.78. The second-order valence-corrected chi connectivity index (χ2v) is 7.64. The molecule has 0 aliphatic carbocycles. The van der Waals surface area contributed by atoms with Crippen molar-refractivity contribution >= 4 is 16.7 Å². The first-order valence-electron chi connectivity index (χ1n) is 10.2. The summed E-state index contributed by atoms with van der Waals surface area (Å²) in [4.78, 5) is 11.4. The van der Waals surface area contributed by atoms with Crippen LogP contribution in [0.25, 0.3) is 22.3 Å². The van der Waals surface area contributed by atoms with E-state index in [0.717, 1.165) is 47.7 Å². The molecule has 9 heteroatoms. The van der Waals surface area contributed by atoms with E-state index in [1.54, 1.807) is 7.11 Å². The van der Waals surface area contributed by atoms with Crippen LogP contribution in [0.2, 0.25) is 0 Å². The lowest BCUT2D eigenvalue weighted by Gasteiger charge is -2.39. The number of rotatable bonds is 2. The maximum absolute atomic E-state index is 6.04. The Labute approximate surface area is 174 Å². The van der Waals surface area contributed by atoms with Crippen molar-refractivity contribution in [2.45, 2.75) is 25.6 Å². The molecule has 3 aromatic rings. The van der Waals surface area contributed by atoms with Gasteiger partial charge in [-0.25, -0.2) is 0 Å². The number of ether oxygens (including phenoxy) is 4. The Kier molecular flexibility index (Phi) is 5.14. The highest BCUT2D eigenvalue weighted by Gasteiger charge is 2.29. The molecule has 158 valence electrons. The van der Waals surface area contributed by atoms with E-state index >= 15 is 0 Å². The van der Waals surface area contributed by atoms with Crippen LogP contribution in [0.3, 0.4) is 0 Å². The number of benzene rings is 1. The molecule has 4 heterocycles. The van der Waals surface area contributed by atoms with Crippen LogP contribution in [0.15, 0.2) is 24.3 Å². The summed E-state index contributed by atoms with van der Waals surface area (Å²) in [5, 5.41) is 8.54. The Balaban J connectivity index is 1.56. The molecule has 9 nitrogen and oxygen atoms in total. The molecule has 0 spiro atoms. The van der Waals surface area contributed by atoms with Crippen molar-refractivity contribution in [1.82, 2.24) is 20.2 Å². The number of hydrogen-bond acceptors (Lipinski definition) is 8. The Morgan fingerprint density at radius 2 is 2.07 bits per heavy atom. The Hall–Kier alpha value is -2.91. The fourth-order valence-corrected chi connectivity index (χ4v) is 3.64. The van der Waals surface area contributed by atoms with Crippen molar-refractivity contribution in [2.75, 3.05) is 44.9 Å². The zero-order valence-corrected chi connectivity index (χ0v) is 17.1. The molecule has 0 unspecified atom stereocenters. The topological polar surface area (TPSA) is 94.6 Å². The molecule has 0 saturated carbocycles. The molecule has 1 N–H and O–H groups in total. The van der Waals surface area contributed by atoms with E-state index in [-0.39, 0.29) is 12.2 Å². The van der Waals surface area contributed by atoms with E-state index in [2.05, 4.69) is 25.1 Å². The number of aromatic amines is 1. The highest BCUT2D eigenvalue weighted by molar-refractivity contribution is 5.93. The van der Waals surface area contributed by atoms with Crippen LogP contribution >= 0.6 is 0 Å². The van der Waals surface area contributed by atoms with Crippen molar-refractivity contribution in [1.29, 1.82) is 0 Å². The minimum Gasteiger partial charge on any atom is -0.488 e. The van der Waals surface area contributed by atoms with E-state index < -0.39 is 0 Å². The minimum atomic E-state index is -0.0589. The van der Waals surface area contributed by atoms with Gasteiger partial charge in [-0.1, -0.05) is 0 Å². The van der Waals surface area contributed by atoms with Gasteiger partial charge in [-0.15, -0.1) is 0 Å². The minimum absolute atomic E-state index is 0.0589. The second kappa shape index (κ2) is 8.08. The lowest BCUT2D eigenvalue weighted by Crippen LogP contribution is -2.52. The van der Waals surface area contributed by atoms with Crippen molar-refractivity contribution in [2.24, 2.45) is 0 Å².